The van der Waals surface area contributed by atoms with Gasteiger partial charge in [0.2, 0.25) is 5.91 Å². The SMILES string of the molecule is CC[C@@]1(O)C(=O)OCc2c1cc1n(c2=O)Cc2c-1nc1ccc(NC(=O)[C@H](C)NC(=O)OC(C)(C)C)c3c1c2C=CS3. The molecule has 0 saturated heterocycles. The van der Waals surface area contributed by atoms with E-state index in [1.807, 2.05) is 11.5 Å². The lowest BCUT2D eigenvalue weighted by atomic mass is 9.86. The summed E-state index contributed by atoms with van der Waals surface area (Å²) >= 11 is 1.44. The Morgan fingerprint density at radius 1 is 1.26 bits per heavy atom. The van der Waals surface area contributed by atoms with Gasteiger partial charge in [-0.3, -0.25) is 9.59 Å². The van der Waals surface area contributed by atoms with Gasteiger partial charge in [-0.25, -0.2) is 14.6 Å². The minimum absolute atomic E-state index is 0.0642. The molecule has 42 heavy (non-hydrogen) atoms. The smallest absolute Gasteiger partial charge is 0.408 e. The van der Waals surface area contributed by atoms with Gasteiger partial charge in [0.05, 0.1) is 34.7 Å². The number of ether oxygens (including phenoxy) is 2. The molecule has 0 bridgehead atoms. The van der Waals surface area contributed by atoms with Crippen LogP contribution in [0.2, 0.25) is 0 Å². The first-order valence-electron chi connectivity index (χ1n) is 13.6. The summed E-state index contributed by atoms with van der Waals surface area (Å²) in [6.45, 7) is 8.54. The number of amides is 2. The summed E-state index contributed by atoms with van der Waals surface area (Å²) in [5.41, 5.74) is 1.67. The number of carbonyl (C=O) groups excluding carboxylic acids is 3. The molecule has 0 aliphatic carbocycles. The molecule has 5 heterocycles. The zero-order valence-electron chi connectivity index (χ0n) is 23.8. The molecule has 12 heteroatoms. The van der Waals surface area contributed by atoms with Crippen LogP contribution in [0.15, 0.2) is 33.3 Å². The van der Waals surface area contributed by atoms with Crippen molar-refractivity contribution in [3.8, 4) is 11.4 Å². The molecule has 3 aliphatic heterocycles. The number of nitrogens with zero attached hydrogens (tertiary/aromatic N) is 2. The van der Waals surface area contributed by atoms with E-state index in [9.17, 15) is 24.3 Å². The van der Waals surface area contributed by atoms with Gasteiger partial charge in [0.15, 0.2) is 5.60 Å². The lowest BCUT2D eigenvalue weighted by molar-refractivity contribution is -0.172. The average Bonchev–Trinajstić information content (AvgIpc) is 3.30. The van der Waals surface area contributed by atoms with Crippen LogP contribution in [0.1, 0.15) is 63.3 Å². The van der Waals surface area contributed by atoms with Crippen LogP contribution in [0, 0.1) is 0 Å². The van der Waals surface area contributed by atoms with E-state index in [-0.39, 0.29) is 36.3 Å². The number of rotatable bonds is 4. The maximum absolute atomic E-state index is 13.6. The molecule has 0 fully saturated rings. The number of benzene rings is 1. The highest BCUT2D eigenvalue weighted by Gasteiger charge is 2.45. The second-order valence-electron chi connectivity index (χ2n) is 11.6. The number of anilines is 1. The van der Waals surface area contributed by atoms with E-state index in [1.165, 1.54) is 11.8 Å². The number of fused-ring (bicyclic) bond motifs is 5. The number of aliphatic hydroxyl groups is 1. The topological polar surface area (TPSA) is 149 Å². The van der Waals surface area contributed by atoms with E-state index < -0.39 is 35.2 Å². The number of pyridine rings is 2. The molecule has 11 nitrogen and oxygen atoms in total. The Morgan fingerprint density at radius 3 is 2.74 bits per heavy atom. The fourth-order valence-electron chi connectivity index (χ4n) is 5.54. The summed E-state index contributed by atoms with van der Waals surface area (Å²) in [5.74, 6) is -1.18. The number of aromatic nitrogens is 2. The van der Waals surface area contributed by atoms with Gasteiger partial charge in [0.25, 0.3) is 5.56 Å². The third-order valence-electron chi connectivity index (χ3n) is 7.65. The Bertz CT molecular complexity index is 1810. The first-order valence-corrected chi connectivity index (χ1v) is 14.5. The van der Waals surface area contributed by atoms with Crippen molar-refractivity contribution < 1.29 is 29.0 Å². The fourth-order valence-corrected chi connectivity index (χ4v) is 6.46. The van der Waals surface area contributed by atoms with Crippen LogP contribution >= 0.6 is 11.8 Å². The highest BCUT2D eigenvalue weighted by molar-refractivity contribution is 8.02. The number of nitrogens with one attached hydrogen (secondary N) is 2. The number of alkyl carbamates (subject to hydrolysis) is 1. The molecule has 0 unspecified atom stereocenters. The number of hydrogen-bond donors (Lipinski definition) is 3. The van der Waals surface area contributed by atoms with E-state index in [2.05, 4.69) is 10.6 Å². The molecular weight excluding hydrogens is 560 g/mol. The van der Waals surface area contributed by atoms with Crippen LogP contribution in [0.25, 0.3) is 28.4 Å². The molecular formula is C30H30N4O7S. The van der Waals surface area contributed by atoms with Crippen LogP contribution in [0.4, 0.5) is 10.5 Å². The molecule has 2 amide bonds. The summed E-state index contributed by atoms with van der Waals surface area (Å²) in [6, 6.07) is 4.39. The lowest BCUT2D eigenvalue weighted by Gasteiger charge is -2.31. The summed E-state index contributed by atoms with van der Waals surface area (Å²) in [7, 11) is 0. The van der Waals surface area contributed by atoms with E-state index in [1.54, 1.807) is 57.4 Å². The Labute approximate surface area is 245 Å². The zero-order chi connectivity index (χ0) is 30.1. The van der Waals surface area contributed by atoms with Crippen molar-refractivity contribution >= 4 is 52.4 Å². The quantitative estimate of drug-likeness (QED) is 0.300. The number of cyclic esters (lactones) is 1. The highest BCUT2D eigenvalue weighted by atomic mass is 32.2. The van der Waals surface area contributed by atoms with Crippen molar-refractivity contribution in [2.24, 2.45) is 0 Å². The Balaban J connectivity index is 1.39. The summed E-state index contributed by atoms with van der Waals surface area (Å²) in [5, 5.41) is 19.4. The Morgan fingerprint density at radius 2 is 2.02 bits per heavy atom. The van der Waals surface area contributed by atoms with E-state index in [0.29, 0.717) is 22.6 Å². The van der Waals surface area contributed by atoms with Crippen molar-refractivity contribution in [1.82, 2.24) is 14.9 Å². The van der Waals surface area contributed by atoms with Crippen LogP contribution in [0.5, 0.6) is 0 Å². The van der Waals surface area contributed by atoms with Crippen LogP contribution in [-0.2, 0) is 37.8 Å². The lowest BCUT2D eigenvalue weighted by Crippen LogP contribution is -2.44. The number of thioether (sulfide) groups is 1. The molecule has 0 radical (unpaired) electrons. The van der Waals surface area contributed by atoms with Crippen LogP contribution in [0.3, 0.4) is 0 Å². The largest absolute Gasteiger partial charge is 0.458 e. The third kappa shape index (κ3) is 4.36. The predicted molar refractivity (Wildman–Crippen MR) is 157 cm³/mol. The summed E-state index contributed by atoms with van der Waals surface area (Å²) < 4.78 is 12.0. The van der Waals surface area contributed by atoms with Gasteiger partial charge in [-0.1, -0.05) is 18.7 Å². The van der Waals surface area contributed by atoms with Gasteiger partial charge >= 0.3 is 12.1 Å². The van der Waals surface area contributed by atoms with Crippen LogP contribution in [-0.4, -0.2) is 44.3 Å². The molecule has 2 aromatic heterocycles. The second kappa shape index (κ2) is 9.70. The zero-order valence-corrected chi connectivity index (χ0v) is 24.6. The summed E-state index contributed by atoms with van der Waals surface area (Å²) in [4.78, 5) is 56.9. The number of esters is 1. The Kier molecular flexibility index (Phi) is 6.46. The van der Waals surface area contributed by atoms with Gasteiger partial charge < -0.3 is 29.8 Å². The van der Waals surface area contributed by atoms with Gasteiger partial charge in [0.1, 0.15) is 18.2 Å². The number of carbonyl (C=O) groups is 3. The van der Waals surface area contributed by atoms with Gasteiger partial charge in [-0.05, 0) is 69.4 Å². The average molecular weight is 591 g/mol. The van der Waals surface area contributed by atoms with Gasteiger partial charge in [-0.15, -0.1) is 0 Å². The maximum Gasteiger partial charge on any atom is 0.408 e. The van der Waals surface area contributed by atoms with E-state index >= 15 is 0 Å². The van der Waals surface area contributed by atoms with Crippen molar-refractivity contribution in [3.63, 3.8) is 0 Å². The highest BCUT2D eigenvalue weighted by Crippen LogP contribution is 2.46. The molecule has 3 aliphatic rings. The third-order valence-corrected chi connectivity index (χ3v) is 8.59. The molecule has 3 aromatic rings. The maximum atomic E-state index is 13.6. The van der Waals surface area contributed by atoms with Crippen molar-refractivity contribution in [1.29, 1.82) is 0 Å². The van der Waals surface area contributed by atoms with E-state index in [0.717, 1.165) is 21.4 Å². The monoisotopic (exact) mass is 590 g/mol. The van der Waals surface area contributed by atoms with E-state index in [4.69, 9.17) is 14.5 Å². The Hall–Kier alpha value is -4.16. The number of hydrogen-bond acceptors (Lipinski definition) is 9. The molecule has 218 valence electrons. The van der Waals surface area contributed by atoms with Crippen molar-refractivity contribution in [2.75, 3.05) is 5.32 Å². The minimum atomic E-state index is -1.90. The van der Waals surface area contributed by atoms with Gasteiger partial charge in [0, 0.05) is 21.4 Å². The molecule has 3 N–H and O–H groups in total. The van der Waals surface area contributed by atoms with Crippen LogP contribution < -0.4 is 16.2 Å². The molecule has 0 spiro atoms. The first kappa shape index (κ1) is 28.0. The molecule has 2 atom stereocenters. The normalized spacial score (nSPS) is 19.0. The van der Waals surface area contributed by atoms with Gasteiger partial charge in [-0.2, -0.15) is 0 Å². The first-order chi connectivity index (χ1) is 19.8. The fraction of sp³-hybridized carbons (Fsp3) is 0.367. The minimum Gasteiger partial charge on any atom is -0.458 e. The predicted octanol–water partition coefficient (Wildman–Crippen LogP) is 4.01. The summed E-state index contributed by atoms with van der Waals surface area (Å²) in [6.07, 6.45) is 1.34. The van der Waals surface area contributed by atoms with Crippen molar-refractivity contribution in [2.45, 2.75) is 76.3 Å². The molecule has 1 aromatic carbocycles. The molecule has 6 rings (SSSR count). The second-order valence-corrected chi connectivity index (χ2v) is 12.5. The van der Waals surface area contributed by atoms with Crippen molar-refractivity contribution in [3.05, 3.63) is 56.2 Å². The molecule has 0 saturated carbocycles. The standard InChI is InChI=1S/C30H30N4O7S/c1-6-30(39)18-11-21-23-16(12-34(21)26(36)17(18)13-40-27(30)37)15-9-10-42-24-20(8-7-19(32-23)22(15)24)33-25(35)14(2)31-28(38)41-29(3,4)5/h7-11,14,39H,6,12-13H2,1-5H3,(H,31,38)(H,33,35)/t14-,30-/m0/s1.